The van der Waals surface area contributed by atoms with Crippen molar-refractivity contribution < 1.29 is 14.3 Å². The molecule has 0 unspecified atom stereocenters. The lowest BCUT2D eigenvalue weighted by atomic mass is 10.1. The van der Waals surface area contributed by atoms with Crippen LogP contribution in [0.3, 0.4) is 0 Å². The van der Waals surface area contributed by atoms with Crippen molar-refractivity contribution in [2.75, 3.05) is 6.61 Å². The Bertz CT molecular complexity index is 1030. The van der Waals surface area contributed by atoms with Crippen LogP contribution in [0, 0.1) is 11.3 Å². The Balaban J connectivity index is 1.98. The summed E-state index contributed by atoms with van der Waals surface area (Å²) in [6, 6.07) is 12.7. The minimum Gasteiger partial charge on any atom is -0.489 e. The summed E-state index contributed by atoms with van der Waals surface area (Å²) in [6.45, 7) is 2.22. The van der Waals surface area contributed by atoms with Gasteiger partial charge in [-0.05, 0) is 53.2 Å². The number of fused-ring (bicyclic) bond motifs is 1. The van der Waals surface area contributed by atoms with E-state index in [0.717, 1.165) is 10.1 Å². The number of hydrogen-bond donors (Lipinski definition) is 0. The standard InChI is InChI=1S/C19H13BrClNO3S/c1-2-24-19(23)18-13(17-15(21)4-3-5-16(17)26-18)10-25-12-7-6-11(9-22)14(20)8-12/h3-8H,2,10H2,1H3. The number of nitrogens with zero attached hydrogens (tertiary/aromatic N) is 1. The summed E-state index contributed by atoms with van der Waals surface area (Å²) in [4.78, 5) is 12.8. The predicted molar refractivity (Wildman–Crippen MR) is 106 cm³/mol. The molecule has 0 fully saturated rings. The van der Waals surface area contributed by atoms with Gasteiger partial charge in [0, 0.05) is 25.1 Å². The van der Waals surface area contributed by atoms with Crippen LogP contribution in [0.1, 0.15) is 27.7 Å². The van der Waals surface area contributed by atoms with Crippen LogP contribution in [0.5, 0.6) is 5.75 Å². The predicted octanol–water partition coefficient (Wildman–Crippen LogP) is 5.94. The molecule has 0 bridgehead atoms. The number of carbonyl (C=O) groups excluding carboxylic acids is 1. The lowest BCUT2D eigenvalue weighted by Crippen LogP contribution is -2.07. The van der Waals surface area contributed by atoms with E-state index >= 15 is 0 Å². The zero-order valence-electron chi connectivity index (χ0n) is 13.7. The van der Waals surface area contributed by atoms with E-state index in [4.69, 9.17) is 26.3 Å². The van der Waals surface area contributed by atoms with E-state index in [-0.39, 0.29) is 12.6 Å². The van der Waals surface area contributed by atoms with Gasteiger partial charge in [0.15, 0.2) is 0 Å². The number of halogens is 2. The van der Waals surface area contributed by atoms with Crippen LogP contribution in [-0.2, 0) is 11.3 Å². The quantitative estimate of drug-likeness (QED) is 0.451. The fourth-order valence-corrected chi connectivity index (χ4v) is 4.42. The Morgan fingerprint density at radius 3 is 2.85 bits per heavy atom. The highest BCUT2D eigenvalue weighted by Crippen LogP contribution is 2.37. The summed E-state index contributed by atoms with van der Waals surface area (Å²) in [5.41, 5.74) is 1.23. The van der Waals surface area contributed by atoms with Crippen LogP contribution in [-0.4, -0.2) is 12.6 Å². The zero-order chi connectivity index (χ0) is 18.7. The molecule has 0 amide bonds. The van der Waals surface area contributed by atoms with Crippen LogP contribution in [0.15, 0.2) is 40.9 Å². The monoisotopic (exact) mass is 449 g/mol. The third kappa shape index (κ3) is 3.70. The number of ether oxygens (including phenoxy) is 2. The SMILES string of the molecule is CCOC(=O)c1sc2cccc(Cl)c2c1COc1ccc(C#N)c(Br)c1. The maximum absolute atomic E-state index is 12.3. The van der Waals surface area contributed by atoms with E-state index in [1.165, 1.54) is 11.3 Å². The number of benzene rings is 2. The molecule has 0 atom stereocenters. The zero-order valence-corrected chi connectivity index (χ0v) is 16.9. The van der Waals surface area contributed by atoms with Gasteiger partial charge in [0.2, 0.25) is 0 Å². The van der Waals surface area contributed by atoms with Crippen LogP contribution in [0.4, 0.5) is 0 Å². The van der Waals surface area contributed by atoms with Gasteiger partial charge in [0.05, 0.1) is 12.2 Å². The van der Waals surface area contributed by atoms with Gasteiger partial charge in [0.25, 0.3) is 0 Å². The molecule has 2 aromatic carbocycles. The van der Waals surface area contributed by atoms with Crippen molar-refractivity contribution in [2.45, 2.75) is 13.5 Å². The van der Waals surface area contributed by atoms with Crippen molar-refractivity contribution in [3.8, 4) is 11.8 Å². The summed E-state index contributed by atoms with van der Waals surface area (Å²) in [5, 5.41) is 10.4. The van der Waals surface area contributed by atoms with Crippen molar-refractivity contribution in [3.05, 3.63) is 61.9 Å². The summed E-state index contributed by atoms with van der Waals surface area (Å²) >= 11 is 11.0. The van der Waals surface area contributed by atoms with Gasteiger partial charge >= 0.3 is 5.97 Å². The maximum atomic E-state index is 12.3. The van der Waals surface area contributed by atoms with E-state index in [2.05, 4.69) is 22.0 Å². The molecule has 26 heavy (non-hydrogen) atoms. The van der Waals surface area contributed by atoms with Crippen LogP contribution >= 0.6 is 38.9 Å². The molecule has 0 spiro atoms. The van der Waals surface area contributed by atoms with Gasteiger partial charge in [-0.3, -0.25) is 0 Å². The number of carbonyl (C=O) groups is 1. The first-order chi connectivity index (χ1) is 12.5. The van der Waals surface area contributed by atoms with Gasteiger partial charge in [-0.1, -0.05) is 17.7 Å². The molecule has 1 heterocycles. The van der Waals surface area contributed by atoms with Crippen molar-refractivity contribution in [2.24, 2.45) is 0 Å². The minimum atomic E-state index is -0.385. The molecule has 0 aliphatic rings. The average Bonchev–Trinajstić information content (AvgIpc) is 3.00. The van der Waals surface area contributed by atoms with Crippen molar-refractivity contribution in [1.82, 2.24) is 0 Å². The van der Waals surface area contributed by atoms with Gasteiger partial charge < -0.3 is 9.47 Å². The highest BCUT2D eigenvalue weighted by molar-refractivity contribution is 9.10. The van der Waals surface area contributed by atoms with Crippen LogP contribution < -0.4 is 4.74 Å². The maximum Gasteiger partial charge on any atom is 0.348 e. The smallest absolute Gasteiger partial charge is 0.348 e. The Hall–Kier alpha value is -2.07. The van der Waals surface area contributed by atoms with Gasteiger partial charge in [-0.2, -0.15) is 5.26 Å². The van der Waals surface area contributed by atoms with Crippen molar-refractivity contribution >= 4 is 54.9 Å². The third-order valence-electron chi connectivity index (χ3n) is 3.67. The number of rotatable bonds is 5. The number of hydrogen-bond acceptors (Lipinski definition) is 5. The second kappa shape index (κ2) is 8.09. The highest BCUT2D eigenvalue weighted by Gasteiger charge is 2.21. The fraction of sp³-hybridized carbons (Fsp3) is 0.158. The summed E-state index contributed by atoms with van der Waals surface area (Å²) in [7, 11) is 0. The Morgan fingerprint density at radius 2 is 2.15 bits per heavy atom. The van der Waals surface area contributed by atoms with Crippen molar-refractivity contribution in [3.63, 3.8) is 0 Å². The number of thiophene rings is 1. The fourth-order valence-electron chi connectivity index (χ4n) is 2.50. The van der Waals surface area contributed by atoms with E-state index in [9.17, 15) is 4.79 Å². The molecule has 4 nitrogen and oxygen atoms in total. The highest BCUT2D eigenvalue weighted by atomic mass is 79.9. The Kier molecular flexibility index (Phi) is 5.82. The molecule has 0 saturated carbocycles. The number of esters is 1. The topological polar surface area (TPSA) is 59.3 Å². The molecule has 1 aromatic heterocycles. The average molecular weight is 451 g/mol. The van der Waals surface area contributed by atoms with Crippen LogP contribution in [0.25, 0.3) is 10.1 Å². The molecule has 0 N–H and O–H groups in total. The lowest BCUT2D eigenvalue weighted by Gasteiger charge is -2.09. The molecule has 0 saturated heterocycles. The second-order valence-electron chi connectivity index (χ2n) is 5.29. The van der Waals surface area contributed by atoms with E-state index < -0.39 is 0 Å². The first-order valence-electron chi connectivity index (χ1n) is 7.74. The molecular weight excluding hydrogens is 438 g/mol. The first-order valence-corrected chi connectivity index (χ1v) is 9.73. The number of nitriles is 1. The minimum absolute atomic E-state index is 0.163. The summed E-state index contributed by atoms with van der Waals surface area (Å²) < 4.78 is 12.6. The normalized spacial score (nSPS) is 10.5. The Morgan fingerprint density at radius 1 is 1.35 bits per heavy atom. The molecule has 3 aromatic rings. The lowest BCUT2D eigenvalue weighted by molar-refractivity contribution is 0.0529. The molecule has 0 aliphatic heterocycles. The summed E-state index contributed by atoms with van der Waals surface area (Å²) in [5.74, 6) is 0.196. The molecular formula is C19H13BrClNO3S. The van der Waals surface area contributed by atoms with Gasteiger partial charge in [0.1, 0.15) is 23.3 Å². The molecule has 3 rings (SSSR count). The van der Waals surface area contributed by atoms with Gasteiger partial charge in [-0.15, -0.1) is 11.3 Å². The van der Waals surface area contributed by atoms with Crippen molar-refractivity contribution in [1.29, 1.82) is 5.26 Å². The molecule has 0 radical (unpaired) electrons. The van der Waals surface area contributed by atoms with E-state index in [1.54, 1.807) is 31.2 Å². The summed E-state index contributed by atoms with van der Waals surface area (Å²) in [6.07, 6.45) is 0. The molecule has 0 aliphatic carbocycles. The Labute approximate surface area is 168 Å². The molecule has 132 valence electrons. The van der Waals surface area contributed by atoms with E-state index in [1.807, 2.05) is 12.1 Å². The largest absolute Gasteiger partial charge is 0.489 e. The second-order valence-corrected chi connectivity index (χ2v) is 7.60. The first kappa shape index (κ1) is 18.7. The van der Waals surface area contributed by atoms with E-state index in [0.29, 0.717) is 37.9 Å². The molecule has 7 heteroatoms. The van der Waals surface area contributed by atoms with Crippen LogP contribution in [0.2, 0.25) is 5.02 Å². The third-order valence-corrected chi connectivity index (χ3v) is 5.82. The van der Waals surface area contributed by atoms with Gasteiger partial charge in [-0.25, -0.2) is 4.79 Å².